The molecule has 1 saturated carbocycles. The van der Waals surface area contributed by atoms with Gasteiger partial charge in [-0.2, -0.15) is 0 Å². The van der Waals surface area contributed by atoms with Gasteiger partial charge >= 0.3 is 0 Å². The van der Waals surface area contributed by atoms with E-state index in [1.807, 2.05) is 4.90 Å². The molecule has 0 aromatic heterocycles. The summed E-state index contributed by atoms with van der Waals surface area (Å²) in [4.78, 5) is 16.8. The quantitative estimate of drug-likeness (QED) is 0.830. The van der Waals surface area contributed by atoms with Gasteiger partial charge in [-0.25, -0.2) is 0 Å². The number of hydrogen-bond acceptors (Lipinski definition) is 3. The maximum atomic E-state index is 12.1. The molecule has 2 unspecified atom stereocenters. The minimum Gasteiger partial charge on any atom is -0.342 e. The first kappa shape index (κ1) is 13.4. The predicted molar refractivity (Wildman–Crippen MR) is 76.0 cm³/mol. The molecule has 1 aliphatic carbocycles. The van der Waals surface area contributed by atoms with Crippen molar-refractivity contribution >= 4 is 5.91 Å². The zero-order valence-corrected chi connectivity index (χ0v) is 12.1. The number of hydrogen-bond donors (Lipinski definition) is 1. The fourth-order valence-corrected chi connectivity index (χ4v) is 3.61. The minimum atomic E-state index is 0.303. The van der Waals surface area contributed by atoms with Crippen molar-refractivity contribution in [2.24, 2.45) is 0 Å². The first-order valence-corrected chi connectivity index (χ1v) is 8.01. The molecule has 2 heterocycles. The summed E-state index contributed by atoms with van der Waals surface area (Å²) >= 11 is 0. The molecule has 3 fully saturated rings. The lowest BCUT2D eigenvalue weighted by Crippen LogP contribution is -2.44. The Bertz CT molecular complexity index is 323. The van der Waals surface area contributed by atoms with Crippen LogP contribution in [-0.4, -0.2) is 60.0 Å². The number of likely N-dealkylation sites (tertiary alicyclic amines) is 2. The van der Waals surface area contributed by atoms with Crippen molar-refractivity contribution in [2.45, 2.75) is 63.6 Å². The van der Waals surface area contributed by atoms with Crippen LogP contribution in [0.5, 0.6) is 0 Å². The summed E-state index contributed by atoms with van der Waals surface area (Å²) in [6, 6.07) is 2.05. The van der Waals surface area contributed by atoms with E-state index in [9.17, 15) is 4.79 Å². The largest absolute Gasteiger partial charge is 0.342 e. The topological polar surface area (TPSA) is 35.6 Å². The summed E-state index contributed by atoms with van der Waals surface area (Å²) in [5, 5.41) is 3.49. The van der Waals surface area contributed by atoms with Crippen molar-refractivity contribution in [3.8, 4) is 0 Å². The summed E-state index contributed by atoms with van der Waals surface area (Å²) in [6.45, 7) is 5.94. The maximum Gasteiger partial charge on any atom is 0.236 e. The number of nitrogens with one attached hydrogen (secondary N) is 1. The second-order valence-electron chi connectivity index (χ2n) is 6.53. The Balaban J connectivity index is 1.41. The highest BCUT2D eigenvalue weighted by atomic mass is 16.2. The van der Waals surface area contributed by atoms with Crippen LogP contribution in [0.1, 0.15) is 45.4 Å². The van der Waals surface area contributed by atoms with Crippen molar-refractivity contribution in [2.75, 3.05) is 26.2 Å². The van der Waals surface area contributed by atoms with E-state index < -0.39 is 0 Å². The third-order valence-corrected chi connectivity index (χ3v) is 4.89. The molecule has 1 amide bonds. The van der Waals surface area contributed by atoms with Crippen molar-refractivity contribution in [1.29, 1.82) is 0 Å². The Morgan fingerprint density at radius 1 is 1.21 bits per heavy atom. The molecule has 19 heavy (non-hydrogen) atoms. The lowest BCUT2D eigenvalue weighted by atomic mass is 10.1. The monoisotopic (exact) mass is 265 g/mol. The zero-order valence-electron chi connectivity index (χ0n) is 12.1. The molecule has 4 heteroatoms. The SMILES string of the molecule is CC1CC(NCC(=O)N2CCCCC2)CN1C1CC1. The number of amides is 1. The Morgan fingerprint density at radius 3 is 2.63 bits per heavy atom. The van der Waals surface area contributed by atoms with Crippen LogP contribution in [0.3, 0.4) is 0 Å². The second-order valence-corrected chi connectivity index (χ2v) is 6.53. The van der Waals surface area contributed by atoms with Gasteiger partial charge in [0.1, 0.15) is 0 Å². The zero-order chi connectivity index (χ0) is 13.2. The average molecular weight is 265 g/mol. The van der Waals surface area contributed by atoms with Gasteiger partial charge in [-0.15, -0.1) is 0 Å². The fraction of sp³-hybridized carbons (Fsp3) is 0.933. The number of rotatable bonds is 4. The van der Waals surface area contributed by atoms with Gasteiger partial charge in [0.15, 0.2) is 0 Å². The third-order valence-electron chi connectivity index (χ3n) is 4.89. The smallest absolute Gasteiger partial charge is 0.236 e. The summed E-state index contributed by atoms with van der Waals surface area (Å²) < 4.78 is 0. The molecular weight excluding hydrogens is 238 g/mol. The van der Waals surface area contributed by atoms with E-state index in [4.69, 9.17) is 0 Å². The van der Waals surface area contributed by atoms with E-state index in [-0.39, 0.29) is 0 Å². The van der Waals surface area contributed by atoms with Gasteiger partial charge in [-0.1, -0.05) is 0 Å². The summed E-state index contributed by atoms with van der Waals surface area (Å²) in [5.74, 6) is 0.303. The normalized spacial score (nSPS) is 32.8. The first-order chi connectivity index (χ1) is 9.24. The highest BCUT2D eigenvalue weighted by Crippen LogP contribution is 2.33. The molecule has 1 N–H and O–H groups in total. The van der Waals surface area contributed by atoms with Crippen LogP contribution in [0.4, 0.5) is 0 Å². The lowest BCUT2D eigenvalue weighted by molar-refractivity contribution is -0.131. The van der Waals surface area contributed by atoms with E-state index in [1.165, 1.54) is 38.5 Å². The molecule has 0 aromatic rings. The van der Waals surface area contributed by atoms with Crippen LogP contribution in [0.25, 0.3) is 0 Å². The van der Waals surface area contributed by atoms with Gasteiger partial charge in [-0.3, -0.25) is 9.69 Å². The predicted octanol–water partition coefficient (Wildman–Crippen LogP) is 1.21. The van der Waals surface area contributed by atoms with Crippen LogP contribution in [0, 0.1) is 0 Å². The molecule has 3 rings (SSSR count). The van der Waals surface area contributed by atoms with Crippen LogP contribution >= 0.6 is 0 Å². The second kappa shape index (κ2) is 5.80. The summed E-state index contributed by atoms with van der Waals surface area (Å²) in [5.41, 5.74) is 0. The first-order valence-electron chi connectivity index (χ1n) is 8.01. The maximum absolute atomic E-state index is 12.1. The van der Waals surface area contributed by atoms with Gasteiger partial charge < -0.3 is 10.2 Å². The molecule has 0 radical (unpaired) electrons. The van der Waals surface area contributed by atoms with Crippen LogP contribution < -0.4 is 5.32 Å². The minimum absolute atomic E-state index is 0.303. The molecule has 0 spiro atoms. The molecule has 3 aliphatic rings. The van der Waals surface area contributed by atoms with Crippen molar-refractivity contribution < 1.29 is 4.79 Å². The number of piperidine rings is 1. The van der Waals surface area contributed by atoms with E-state index in [1.54, 1.807) is 0 Å². The molecule has 108 valence electrons. The van der Waals surface area contributed by atoms with E-state index in [0.29, 0.717) is 24.5 Å². The molecule has 0 aromatic carbocycles. The number of carbonyl (C=O) groups excluding carboxylic acids is 1. The Labute approximate surface area is 116 Å². The van der Waals surface area contributed by atoms with Crippen LogP contribution in [-0.2, 0) is 4.79 Å². The molecule has 2 saturated heterocycles. The summed E-state index contributed by atoms with van der Waals surface area (Å²) in [6.07, 6.45) is 7.61. The van der Waals surface area contributed by atoms with Crippen molar-refractivity contribution in [1.82, 2.24) is 15.1 Å². The van der Waals surface area contributed by atoms with Crippen molar-refractivity contribution in [3.05, 3.63) is 0 Å². The molecule has 2 aliphatic heterocycles. The van der Waals surface area contributed by atoms with Gasteiger partial charge in [-0.05, 0) is 45.4 Å². The van der Waals surface area contributed by atoms with Gasteiger partial charge in [0.05, 0.1) is 6.54 Å². The van der Waals surface area contributed by atoms with E-state index in [2.05, 4.69) is 17.1 Å². The molecule has 4 nitrogen and oxygen atoms in total. The van der Waals surface area contributed by atoms with Gasteiger partial charge in [0, 0.05) is 37.8 Å². The van der Waals surface area contributed by atoms with Gasteiger partial charge in [0.25, 0.3) is 0 Å². The average Bonchev–Trinajstić information content (AvgIpc) is 3.21. The lowest BCUT2D eigenvalue weighted by Gasteiger charge is -2.27. The van der Waals surface area contributed by atoms with Crippen LogP contribution in [0.2, 0.25) is 0 Å². The highest BCUT2D eigenvalue weighted by Gasteiger charge is 2.38. The molecule has 0 bridgehead atoms. The third kappa shape index (κ3) is 3.29. The highest BCUT2D eigenvalue weighted by molar-refractivity contribution is 5.78. The number of nitrogens with zero attached hydrogens (tertiary/aromatic N) is 2. The Hall–Kier alpha value is -0.610. The standard InChI is InChI=1S/C15H27N3O/c1-12-9-13(11-18(12)14-5-6-14)16-10-15(19)17-7-3-2-4-8-17/h12-14,16H,2-11H2,1H3. The van der Waals surface area contributed by atoms with Crippen molar-refractivity contribution in [3.63, 3.8) is 0 Å². The summed E-state index contributed by atoms with van der Waals surface area (Å²) in [7, 11) is 0. The Kier molecular flexibility index (Phi) is 4.08. The Morgan fingerprint density at radius 2 is 1.95 bits per heavy atom. The van der Waals surface area contributed by atoms with E-state index >= 15 is 0 Å². The van der Waals surface area contributed by atoms with Gasteiger partial charge in [0.2, 0.25) is 5.91 Å². The molecular formula is C15H27N3O. The van der Waals surface area contributed by atoms with E-state index in [0.717, 1.165) is 25.7 Å². The molecule has 2 atom stereocenters. The van der Waals surface area contributed by atoms with Crippen LogP contribution in [0.15, 0.2) is 0 Å². The number of carbonyl (C=O) groups is 1. The fourth-order valence-electron chi connectivity index (χ4n) is 3.61.